The van der Waals surface area contributed by atoms with E-state index in [4.69, 9.17) is 23.2 Å². The molecule has 1 N–H and O–H groups in total. The minimum absolute atomic E-state index is 0.0184. The van der Waals surface area contributed by atoms with Crippen molar-refractivity contribution in [1.29, 1.82) is 0 Å². The van der Waals surface area contributed by atoms with E-state index < -0.39 is 28.5 Å². The summed E-state index contributed by atoms with van der Waals surface area (Å²) in [6, 6.07) is 20.6. The topological polar surface area (TPSA) is 86.8 Å². The zero-order valence-electron chi connectivity index (χ0n) is 23.9. The fraction of sp³-hybridized carbons (Fsp3) is 0.375. The number of sulfonamides is 1. The zero-order valence-corrected chi connectivity index (χ0v) is 26.3. The fourth-order valence-electron chi connectivity index (χ4n) is 5.39. The maximum Gasteiger partial charge on any atom is 0.244 e. The summed E-state index contributed by atoms with van der Waals surface area (Å²) < 4.78 is 27.1. The van der Waals surface area contributed by atoms with E-state index in [1.54, 1.807) is 49.4 Å². The minimum Gasteiger partial charge on any atom is -0.352 e. The molecule has 7 nitrogen and oxygen atoms in total. The van der Waals surface area contributed by atoms with Gasteiger partial charge in [-0.15, -0.1) is 0 Å². The second-order valence-electron chi connectivity index (χ2n) is 10.8. The van der Waals surface area contributed by atoms with Crippen LogP contribution in [-0.4, -0.2) is 50.0 Å². The molecule has 0 saturated heterocycles. The molecule has 0 unspecified atom stereocenters. The summed E-state index contributed by atoms with van der Waals surface area (Å²) in [4.78, 5) is 29.7. The first-order valence-electron chi connectivity index (χ1n) is 14.1. The van der Waals surface area contributed by atoms with Crippen LogP contribution in [0.1, 0.15) is 48.8 Å². The van der Waals surface area contributed by atoms with Crippen molar-refractivity contribution in [2.45, 2.75) is 64.1 Å². The van der Waals surface area contributed by atoms with Crippen molar-refractivity contribution >= 4 is 50.7 Å². The van der Waals surface area contributed by atoms with Crippen LogP contribution in [0.2, 0.25) is 10.0 Å². The lowest BCUT2D eigenvalue weighted by Gasteiger charge is -2.35. The molecule has 4 rings (SSSR count). The molecule has 1 aliphatic carbocycles. The highest BCUT2D eigenvalue weighted by atomic mass is 35.5. The molecule has 1 aliphatic rings. The molecule has 1 saturated carbocycles. The number of anilines is 1. The predicted molar refractivity (Wildman–Crippen MR) is 169 cm³/mol. The number of hydrogen-bond acceptors (Lipinski definition) is 4. The van der Waals surface area contributed by atoms with Gasteiger partial charge in [0.1, 0.15) is 12.6 Å². The van der Waals surface area contributed by atoms with E-state index in [1.807, 2.05) is 30.3 Å². The number of aryl methyl sites for hydroxylation is 1. The van der Waals surface area contributed by atoms with Crippen LogP contribution in [0, 0.1) is 6.92 Å². The molecule has 3 aromatic carbocycles. The van der Waals surface area contributed by atoms with Gasteiger partial charge >= 0.3 is 0 Å². The van der Waals surface area contributed by atoms with Gasteiger partial charge < -0.3 is 10.2 Å². The van der Waals surface area contributed by atoms with Gasteiger partial charge in [0, 0.05) is 34.6 Å². The summed E-state index contributed by atoms with van der Waals surface area (Å²) in [5, 5.41) is 3.89. The van der Waals surface area contributed by atoms with Crippen LogP contribution in [0.25, 0.3) is 0 Å². The molecule has 42 heavy (non-hydrogen) atoms. The monoisotopic (exact) mass is 629 g/mol. The Morgan fingerprint density at radius 3 is 2.14 bits per heavy atom. The number of carbonyl (C=O) groups is 2. The number of nitrogens with one attached hydrogen (secondary N) is 1. The van der Waals surface area contributed by atoms with Crippen molar-refractivity contribution in [3.63, 3.8) is 0 Å². The Hall–Kier alpha value is -3.07. The fourth-order valence-corrected chi connectivity index (χ4v) is 6.81. The molecule has 10 heteroatoms. The lowest BCUT2D eigenvalue weighted by atomic mass is 9.94. The molecule has 3 aromatic rings. The molecule has 0 bridgehead atoms. The Morgan fingerprint density at radius 1 is 0.905 bits per heavy atom. The van der Waals surface area contributed by atoms with Crippen LogP contribution in [0.15, 0.2) is 72.8 Å². The van der Waals surface area contributed by atoms with E-state index in [0.717, 1.165) is 48.2 Å². The van der Waals surface area contributed by atoms with E-state index in [-0.39, 0.29) is 24.9 Å². The van der Waals surface area contributed by atoms with Crippen molar-refractivity contribution < 1.29 is 18.0 Å². The summed E-state index contributed by atoms with van der Waals surface area (Å²) in [5.74, 6) is -0.830. The van der Waals surface area contributed by atoms with Crippen molar-refractivity contribution in [2.24, 2.45) is 0 Å². The van der Waals surface area contributed by atoms with Crippen LogP contribution < -0.4 is 9.62 Å². The predicted octanol–water partition coefficient (Wildman–Crippen LogP) is 6.16. The molecule has 0 aromatic heterocycles. The van der Waals surface area contributed by atoms with Gasteiger partial charge in [-0.2, -0.15) is 0 Å². The molecule has 1 fully saturated rings. The first-order chi connectivity index (χ1) is 20.0. The first kappa shape index (κ1) is 31.9. The molecular weight excluding hydrogens is 593 g/mol. The van der Waals surface area contributed by atoms with Crippen molar-refractivity contribution in [2.75, 3.05) is 17.1 Å². The van der Waals surface area contributed by atoms with Gasteiger partial charge in [-0.25, -0.2) is 8.42 Å². The quantitative estimate of drug-likeness (QED) is 0.275. The standard InChI is InChI=1S/C32H37Cl2N3O4S/c1-23-12-9-10-19-29(23)37(42(2,40)41)22-31(38)36(21-26-27(33)17-11-18-28(26)34)30(20-24-13-5-3-6-14-24)32(39)35-25-15-7-4-8-16-25/h3,5-6,9-14,17-19,25,30H,4,7-8,15-16,20-22H2,1-2H3,(H,35,39)/t30-/m1/s1. The summed E-state index contributed by atoms with van der Waals surface area (Å²) in [6.07, 6.45) is 6.26. The maximum absolute atomic E-state index is 14.3. The molecule has 1 atom stereocenters. The Kier molecular flexibility index (Phi) is 10.9. The Morgan fingerprint density at radius 2 is 1.52 bits per heavy atom. The van der Waals surface area contributed by atoms with Gasteiger partial charge in [-0.05, 0) is 49.1 Å². The Balaban J connectivity index is 1.76. The van der Waals surface area contributed by atoms with Crippen LogP contribution in [0.3, 0.4) is 0 Å². The van der Waals surface area contributed by atoms with Crippen LogP contribution >= 0.6 is 23.2 Å². The average molecular weight is 631 g/mol. The molecular formula is C32H37Cl2N3O4S. The summed E-state index contributed by atoms with van der Waals surface area (Å²) in [5.41, 5.74) is 2.45. The Bertz CT molecular complexity index is 1470. The third-order valence-corrected chi connectivity index (χ3v) is 9.51. The highest BCUT2D eigenvalue weighted by Gasteiger charge is 2.35. The molecule has 0 aliphatic heterocycles. The van der Waals surface area contributed by atoms with Crippen molar-refractivity contribution in [1.82, 2.24) is 10.2 Å². The van der Waals surface area contributed by atoms with Gasteiger partial charge in [0.2, 0.25) is 21.8 Å². The molecule has 0 heterocycles. The van der Waals surface area contributed by atoms with Crippen LogP contribution in [0.4, 0.5) is 5.69 Å². The first-order valence-corrected chi connectivity index (χ1v) is 16.7. The molecule has 224 valence electrons. The summed E-state index contributed by atoms with van der Waals surface area (Å²) in [7, 11) is -3.85. The summed E-state index contributed by atoms with van der Waals surface area (Å²) in [6.45, 7) is 1.22. The van der Waals surface area contributed by atoms with E-state index >= 15 is 0 Å². The SMILES string of the molecule is Cc1ccccc1N(CC(=O)N(Cc1c(Cl)cccc1Cl)[C@H](Cc1ccccc1)C(=O)NC1CCCCC1)S(C)(=O)=O. The van der Waals surface area contributed by atoms with Crippen molar-refractivity contribution in [3.8, 4) is 0 Å². The smallest absolute Gasteiger partial charge is 0.244 e. The lowest BCUT2D eigenvalue weighted by molar-refractivity contribution is -0.140. The van der Waals surface area contributed by atoms with Gasteiger partial charge in [-0.1, -0.05) is 97.1 Å². The minimum atomic E-state index is -3.85. The van der Waals surface area contributed by atoms with E-state index in [1.165, 1.54) is 4.90 Å². The number of amides is 2. The number of hydrogen-bond donors (Lipinski definition) is 1. The van der Waals surface area contributed by atoms with Crippen LogP contribution in [-0.2, 0) is 32.6 Å². The maximum atomic E-state index is 14.3. The lowest BCUT2D eigenvalue weighted by Crippen LogP contribution is -2.55. The van der Waals surface area contributed by atoms with E-state index in [9.17, 15) is 18.0 Å². The third kappa shape index (κ3) is 8.27. The molecule has 2 amide bonds. The summed E-state index contributed by atoms with van der Waals surface area (Å²) >= 11 is 13.1. The van der Waals surface area contributed by atoms with Crippen molar-refractivity contribution in [3.05, 3.63) is 99.5 Å². The highest BCUT2D eigenvalue weighted by Crippen LogP contribution is 2.29. The van der Waals surface area contributed by atoms with Crippen LogP contribution in [0.5, 0.6) is 0 Å². The second kappa shape index (κ2) is 14.4. The molecule has 0 spiro atoms. The van der Waals surface area contributed by atoms with Gasteiger partial charge in [-0.3, -0.25) is 13.9 Å². The van der Waals surface area contributed by atoms with E-state index in [2.05, 4.69) is 5.32 Å². The third-order valence-electron chi connectivity index (χ3n) is 7.68. The highest BCUT2D eigenvalue weighted by molar-refractivity contribution is 7.92. The Labute approximate surface area is 258 Å². The molecule has 0 radical (unpaired) electrons. The zero-order chi connectivity index (χ0) is 30.3. The van der Waals surface area contributed by atoms with E-state index in [0.29, 0.717) is 26.9 Å². The number of para-hydroxylation sites is 1. The number of halogens is 2. The number of nitrogens with zero attached hydrogens (tertiary/aromatic N) is 2. The second-order valence-corrected chi connectivity index (χ2v) is 13.5. The number of rotatable bonds is 11. The van der Waals surface area contributed by atoms with Gasteiger partial charge in [0.15, 0.2) is 0 Å². The van der Waals surface area contributed by atoms with Gasteiger partial charge in [0.05, 0.1) is 11.9 Å². The average Bonchev–Trinajstić information content (AvgIpc) is 2.96. The normalized spacial score (nSPS) is 14.7. The van der Waals surface area contributed by atoms with Gasteiger partial charge in [0.25, 0.3) is 0 Å². The number of carbonyl (C=O) groups excluding carboxylic acids is 2. The number of benzene rings is 3. The largest absolute Gasteiger partial charge is 0.352 e.